The standard InChI is InChI=1S/C12H17N7O8S3/c1-28(20,21)15-5-4-14-11-17-10(13)18-12(19-11)16-8-6-7(29(22,23)24)2-3-9(8)30(25,26)27/h2-3,6,15H,4-5H2,1H3,(H,22,23,24)(H,25,26,27)(H4,13,14,16,17,18,19). The number of nitrogens with zero attached hydrogens (tertiary/aromatic N) is 3. The lowest BCUT2D eigenvalue weighted by Gasteiger charge is -2.12. The second kappa shape index (κ2) is 8.62. The van der Waals surface area contributed by atoms with Gasteiger partial charge in [-0.1, -0.05) is 0 Å². The molecule has 0 fully saturated rings. The molecule has 30 heavy (non-hydrogen) atoms. The smallest absolute Gasteiger partial charge is 0.296 e. The summed E-state index contributed by atoms with van der Waals surface area (Å²) in [7, 11) is -12.9. The first-order valence-corrected chi connectivity index (χ1v) is 12.5. The Kier molecular flexibility index (Phi) is 6.79. The Morgan fingerprint density at radius 1 is 0.933 bits per heavy atom. The van der Waals surface area contributed by atoms with E-state index < -0.39 is 45.7 Å². The normalized spacial score (nSPS) is 12.5. The van der Waals surface area contributed by atoms with E-state index in [1.807, 2.05) is 0 Å². The molecule has 1 aromatic carbocycles. The highest BCUT2D eigenvalue weighted by atomic mass is 32.2. The Morgan fingerprint density at radius 3 is 2.13 bits per heavy atom. The molecule has 2 rings (SSSR count). The summed E-state index contributed by atoms with van der Waals surface area (Å²) in [5, 5.41) is 5.03. The second-order valence-corrected chi connectivity index (χ2v) is 10.3. The second-order valence-electron chi connectivity index (χ2n) is 5.67. The average Bonchev–Trinajstić information content (AvgIpc) is 2.55. The summed E-state index contributed by atoms with van der Waals surface area (Å²) in [4.78, 5) is 9.98. The number of aromatic nitrogens is 3. The highest BCUT2D eigenvalue weighted by molar-refractivity contribution is 7.88. The Hall–Kier alpha value is -2.64. The van der Waals surface area contributed by atoms with Crippen molar-refractivity contribution in [2.75, 3.05) is 35.7 Å². The molecule has 7 N–H and O–H groups in total. The van der Waals surface area contributed by atoms with E-state index in [1.165, 1.54) is 0 Å². The monoisotopic (exact) mass is 483 g/mol. The third-order valence-electron chi connectivity index (χ3n) is 3.20. The van der Waals surface area contributed by atoms with Gasteiger partial charge in [0.15, 0.2) is 0 Å². The zero-order valence-electron chi connectivity index (χ0n) is 15.1. The van der Waals surface area contributed by atoms with Crippen LogP contribution in [0.25, 0.3) is 0 Å². The van der Waals surface area contributed by atoms with Crippen LogP contribution in [0.5, 0.6) is 0 Å². The van der Waals surface area contributed by atoms with Gasteiger partial charge in [0.05, 0.1) is 16.8 Å². The minimum absolute atomic E-state index is 0.00348. The van der Waals surface area contributed by atoms with Crippen LogP contribution in [0.3, 0.4) is 0 Å². The molecule has 0 aliphatic rings. The number of rotatable bonds is 9. The van der Waals surface area contributed by atoms with E-state index in [9.17, 15) is 29.8 Å². The maximum absolute atomic E-state index is 11.6. The van der Waals surface area contributed by atoms with Crippen LogP contribution in [0.15, 0.2) is 28.0 Å². The zero-order valence-corrected chi connectivity index (χ0v) is 17.6. The summed E-state index contributed by atoms with van der Waals surface area (Å²) in [6.45, 7) is 0.0565. The van der Waals surface area contributed by atoms with Crippen molar-refractivity contribution in [2.24, 2.45) is 0 Å². The average molecular weight is 484 g/mol. The molecule has 18 heteroatoms. The Bertz CT molecular complexity index is 1260. The van der Waals surface area contributed by atoms with Gasteiger partial charge in [0.25, 0.3) is 20.2 Å². The highest BCUT2D eigenvalue weighted by Crippen LogP contribution is 2.27. The van der Waals surface area contributed by atoms with Gasteiger partial charge in [0.2, 0.25) is 27.9 Å². The van der Waals surface area contributed by atoms with Crippen LogP contribution in [0.1, 0.15) is 0 Å². The van der Waals surface area contributed by atoms with Crippen LogP contribution in [-0.2, 0) is 30.3 Å². The van der Waals surface area contributed by atoms with Crippen molar-refractivity contribution in [3.63, 3.8) is 0 Å². The number of nitrogen functional groups attached to an aromatic ring is 1. The molecule has 1 heterocycles. The fourth-order valence-corrected chi connectivity index (χ4v) is 3.66. The number of hydrogen-bond donors (Lipinski definition) is 6. The van der Waals surface area contributed by atoms with Gasteiger partial charge in [-0.3, -0.25) is 9.11 Å². The van der Waals surface area contributed by atoms with E-state index in [0.717, 1.165) is 24.5 Å². The van der Waals surface area contributed by atoms with E-state index in [0.29, 0.717) is 0 Å². The van der Waals surface area contributed by atoms with Gasteiger partial charge in [-0.25, -0.2) is 13.1 Å². The van der Waals surface area contributed by atoms with Gasteiger partial charge in [-0.2, -0.15) is 31.8 Å². The summed E-state index contributed by atoms with van der Waals surface area (Å²) in [6.07, 6.45) is 0.976. The highest BCUT2D eigenvalue weighted by Gasteiger charge is 2.21. The molecule has 0 aliphatic heterocycles. The molecule has 2 aromatic rings. The number of hydrogen-bond acceptors (Lipinski definition) is 12. The van der Waals surface area contributed by atoms with Crippen LogP contribution in [0.2, 0.25) is 0 Å². The molecular formula is C12H17N7O8S3. The molecule has 0 bridgehead atoms. The van der Waals surface area contributed by atoms with Crippen LogP contribution < -0.4 is 21.1 Å². The molecule has 0 atom stereocenters. The predicted octanol–water partition coefficient (Wildman–Crippen LogP) is -1.35. The Morgan fingerprint density at radius 2 is 1.57 bits per heavy atom. The fraction of sp³-hybridized carbons (Fsp3) is 0.250. The number of nitrogens with two attached hydrogens (primary N) is 1. The Balaban J connectivity index is 2.34. The molecule has 0 saturated carbocycles. The van der Waals surface area contributed by atoms with Crippen molar-refractivity contribution in [3.8, 4) is 0 Å². The van der Waals surface area contributed by atoms with Crippen molar-refractivity contribution >= 4 is 53.8 Å². The maximum Gasteiger partial charge on any atom is 0.296 e. The molecule has 1 aromatic heterocycles. The lowest BCUT2D eigenvalue weighted by atomic mass is 10.3. The summed E-state index contributed by atoms with van der Waals surface area (Å²) in [5.74, 6) is -0.761. The van der Waals surface area contributed by atoms with Gasteiger partial charge in [0.1, 0.15) is 4.90 Å². The molecule has 0 radical (unpaired) electrons. The molecule has 15 nitrogen and oxygen atoms in total. The number of benzene rings is 1. The van der Waals surface area contributed by atoms with Crippen LogP contribution in [-0.4, -0.2) is 68.7 Å². The number of nitrogens with one attached hydrogen (secondary N) is 3. The minimum Gasteiger partial charge on any atom is -0.368 e. The quantitative estimate of drug-likeness (QED) is 0.178. The van der Waals surface area contributed by atoms with Crippen molar-refractivity contribution in [1.82, 2.24) is 19.7 Å². The lowest BCUT2D eigenvalue weighted by Crippen LogP contribution is -2.28. The van der Waals surface area contributed by atoms with Gasteiger partial charge < -0.3 is 16.4 Å². The largest absolute Gasteiger partial charge is 0.368 e. The third-order valence-corrected chi connectivity index (χ3v) is 5.69. The molecule has 166 valence electrons. The van der Waals surface area contributed by atoms with Crippen molar-refractivity contribution in [2.45, 2.75) is 9.79 Å². The van der Waals surface area contributed by atoms with Crippen molar-refractivity contribution < 1.29 is 34.4 Å². The van der Waals surface area contributed by atoms with Gasteiger partial charge >= 0.3 is 0 Å². The molecule has 0 saturated heterocycles. The van der Waals surface area contributed by atoms with E-state index in [1.54, 1.807) is 0 Å². The predicted molar refractivity (Wildman–Crippen MR) is 105 cm³/mol. The Labute approximate surface area is 171 Å². The summed E-state index contributed by atoms with van der Waals surface area (Å²) in [6, 6.07) is 2.26. The molecule has 0 amide bonds. The van der Waals surface area contributed by atoms with E-state index in [2.05, 4.69) is 30.3 Å². The molecule has 0 aliphatic carbocycles. The number of sulfonamides is 1. The third kappa shape index (κ3) is 7.00. The molecular weight excluding hydrogens is 466 g/mol. The van der Waals surface area contributed by atoms with Crippen LogP contribution in [0.4, 0.5) is 23.5 Å². The first kappa shape index (κ1) is 23.6. The maximum atomic E-state index is 11.6. The van der Waals surface area contributed by atoms with Crippen LogP contribution >= 0.6 is 0 Å². The van der Waals surface area contributed by atoms with Gasteiger partial charge in [0, 0.05) is 13.1 Å². The molecule has 0 unspecified atom stereocenters. The van der Waals surface area contributed by atoms with E-state index in [4.69, 9.17) is 10.3 Å². The topological polar surface area (TPSA) is 244 Å². The fourth-order valence-electron chi connectivity index (χ4n) is 2.05. The first-order valence-electron chi connectivity index (χ1n) is 7.71. The summed E-state index contributed by atoms with van der Waals surface area (Å²) in [5.41, 5.74) is 5.08. The van der Waals surface area contributed by atoms with E-state index >= 15 is 0 Å². The van der Waals surface area contributed by atoms with Crippen molar-refractivity contribution in [1.29, 1.82) is 0 Å². The zero-order chi connectivity index (χ0) is 22.7. The van der Waals surface area contributed by atoms with Crippen LogP contribution in [0, 0.1) is 0 Å². The summed E-state index contributed by atoms with van der Waals surface area (Å²) < 4.78 is 88.5. The minimum atomic E-state index is -4.79. The van der Waals surface area contributed by atoms with Gasteiger partial charge in [-0.05, 0) is 18.2 Å². The van der Waals surface area contributed by atoms with E-state index in [-0.39, 0.29) is 30.9 Å². The number of anilines is 4. The lowest BCUT2D eigenvalue weighted by molar-refractivity contribution is 0.479. The van der Waals surface area contributed by atoms with Crippen molar-refractivity contribution in [3.05, 3.63) is 18.2 Å². The molecule has 0 spiro atoms. The van der Waals surface area contributed by atoms with Gasteiger partial charge in [-0.15, -0.1) is 0 Å². The summed E-state index contributed by atoms with van der Waals surface area (Å²) >= 11 is 0. The SMILES string of the molecule is CS(=O)(=O)NCCNc1nc(N)nc(Nc2cc(S(=O)(=O)O)ccc2S(=O)(=O)O)n1. The first-order chi connectivity index (χ1) is 13.6.